The largest absolute Gasteiger partial charge is 0.488 e. The first kappa shape index (κ1) is 24.4. The van der Waals surface area contributed by atoms with Gasteiger partial charge in [0.1, 0.15) is 63.9 Å². The highest BCUT2D eigenvalue weighted by atomic mass is 16.5. The van der Waals surface area contributed by atoms with Crippen molar-refractivity contribution < 1.29 is 33.5 Å². The van der Waals surface area contributed by atoms with E-state index in [1.54, 1.807) is 6.92 Å². The zero-order chi connectivity index (χ0) is 26.1. The fraction of sp³-hybridized carbons (Fsp3) is 0.517. The minimum Gasteiger partial charge on any atom is -0.488 e. The van der Waals surface area contributed by atoms with Crippen LogP contribution in [0, 0.1) is 11.8 Å². The van der Waals surface area contributed by atoms with Gasteiger partial charge in [-0.2, -0.15) is 0 Å². The SMILES string of the molecule is C[C@@H](O)[C@H]1C(=O)N2C(C(=O)O)=C(COc3cccc4c(C[N+]56CC[N+](C)(CC5)CC6)cccc34)[C@H](C)[C@H]12. The normalized spacial score (nSPS) is 33.5. The Kier molecular flexibility index (Phi) is 5.64. The summed E-state index contributed by atoms with van der Waals surface area (Å²) in [5, 5.41) is 22.2. The number of likely N-dealkylation sites (N-methyl/N-ethyl adjacent to an activating group) is 1. The van der Waals surface area contributed by atoms with Crippen molar-refractivity contribution in [3.8, 4) is 5.75 Å². The summed E-state index contributed by atoms with van der Waals surface area (Å²) in [4.78, 5) is 26.1. The number of hydrogen-bond donors (Lipinski definition) is 2. The van der Waals surface area contributed by atoms with E-state index in [9.17, 15) is 19.8 Å². The van der Waals surface area contributed by atoms with Gasteiger partial charge in [-0.05, 0) is 18.4 Å². The molecule has 37 heavy (non-hydrogen) atoms. The average molecular weight is 508 g/mol. The Hall–Kier alpha value is -2.94. The summed E-state index contributed by atoms with van der Waals surface area (Å²) < 4.78 is 8.66. The number of β-lactam (4-membered cyclic amide) rings is 1. The molecule has 196 valence electrons. The number of piperazine rings is 3. The fourth-order valence-electron chi connectivity index (χ4n) is 7.23. The van der Waals surface area contributed by atoms with Gasteiger partial charge in [0.05, 0.1) is 25.1 Å². The molecule has 0 saturated carbocycles. The van der Waals surface area contributed by atoms with E-state index in [1.165, 1.54) is 59.6 Å². The van der Waals surface area contributed by atoms with Crippen LogP contribution in [-0.4, -0.2) is 101 Å². The Morgan fingerprint density at radius 2 is 1.73 bits per heavy atom. The average Bonchev–Trinajstić information content (AvgIpc) is 3.12. The molecule has 7 rings (SSSR count). The van der Waals surface area contributed by atoms with Gasteiger partial charge < -0.3 is 28.8 Å². The van der Waals surface area contributed by atoms with Gasteiger partial charge in [-0.3, -0.25) is 4.79 Å². The van der Waals surface area contributed by atoms with Gasteiger partial charge in [0, 0.05) is 22.4 Å². The van der Waals surface area contributed by atoms with Gasteiger partial charge in [-0.25, -0.2) is 4.79 Å². The number of quaternary nitrogens is 2. The predicted molar refractivity (Wildman–Crippen MR) is 138 cm³/mol. The van der Waals surface area contributed by atoms with Crippen molar-refractivity contribution in [1.29, 1.82) is 0 Å². The number of carboxylic acids is 1. The molecule has 8 heteroatoms. The van der Waals surface area contributed by atoms with Crippen LogP contribution in [0.3, 0.4) is 0 Å². The molecule has 0 aromatic heterocycles. The zero-order valence-corrected chi connectivity index (χ0v) is 21.9. The Balaban J connectivity index is 1.26. The number of aliphatic hydroxyl groups excluding tert-OH is 1. The van der Waals surface area contributed by atoms with Crippen LogP contribution in [0.4, 0.5) is 0 Å². The Morgan fingerprint density at radius 3 is 2.38 bits per heavy atom. The van der Waals surface area contributed by atoms with Crippen LogP contribution in [0.1, 0.15) is 19.4 Å². The Morgan fingerprint density at radius 1 is 1.08 bits per heavy atom. The highest BCUT2D eigenvalue weighted by molar-refractivity contribution is 6.00. The summed E-state index contributed by atoms with van der Waals surface area (Å²) in [5.74, 6) is -1.51. The number of benzene rings is 2. The maximum Gasteiger partial charge on any atom is 0.352 e. The molecule has 5 aliphatic rings. The number of aliphatic carboxylic acids is 1. The molecular weight excluding hydrogens is 470 g/mol. The second kappa shape index (κ2) is 8.55. The van der Waals surface area contributed by atoms with E-state index in [-0.39, 0.29) is 30.2 Å². The summed E-state index contributed by atoms with van der Waals surface area (Å²) in [6, 6.07) is 12.2. The second-order valence-electron chi connectivity index (χ2n) is 12.0. The third-order valence-corrected chi connectivity index (χ3v) is 9.72. The first-order valence-corrected chi connectivity index (χ1v) is 13.4. The van der Waals surface area contributed by atoms with Crippen LogP contribution < -0.4 is 4.74 Å². The number of rotatable bonds is 7. The topological polar surface area (TPSA) is 87.1 Å². The van der Waals surface area contributed by atoms with Crippen LogP contribution in [0.25, 0.3) is 10.8 Å². The van der Waals surface area contributed by atoms with Crippen molar-refractivity contribution in [3.63, 3.8) is 0 Å². The third-order valence-electron chi connectivity index (χ3n) is 9.72. The first-order valence-electron chi connectivity index (χ1n) is 13.4. The minimum atomic E-state index is -1.13. The number of hydrogen-bond acceptors (Lipinski definition) is 4. The lowest BCUT2D eigenvalue weighted by Gasteiger charge is -2.54. The maximum absolute atomic E-state index is 12.6. The number of carboxylic acid groups (broad SMARTS) is 1. The Labute approximate surface area is 217 Å². The molecule has 5 aliphatic heterocycles. The van der Waals surface area contributed by atoms with Crippen LogP contribution in [0.5, 0.6) is 5.75 Å². The summed E-state index contributed by atoms with van der Waals surface area (Å²) in [5.41, 5.74) is 1.94. The van der Waals surface area contributed by atoms with E-state index in [2.05, 4.69) is 31.3 Å². The van der Waals surface area contributed by atoms with Gasteiger partial charge in [0.15, 0.2) is 0 Å². The van der Waals surface area contributed by atoms with E-state index in [1.807, 2.05) is 19.1 Å². The molecule has 4 fully saturated rings. The molecule has 2 N–H and O–H groups in total. The lowest BCUT2D eigenvalue weighted by Crippen LogP contribution is -2.73. The van der Waals surface area contributed by atoms with Crippen molar-refractivity contribution in [3.05, 3.63) is 53.2 Å². The number of amides is 1. The standard InChI is InChI=1S/C29H36N3O5/c1-18-23(27(29(35)36)30-26(18)25(19(2)33)28(30)34)17-37-24-9-5-7-21-20(6-4-8-22(21)24)16-32-13-10-31(3,11-14-32)12-15-32/h4-9,18-19,25-26,33H,10-17H2,1-3H3/q+1/p+1/t18-,19+,25+,26+,31?,32?/m0/s1. The second-order valence-corrected chi connectivity index (χ2v) is 12.0. The molecule has 0 aliphatic carbocycles. The summed E-state index contributed by atoms with van der Waals surface area (Å²) in [7, 11) is 2.38. The van der Waals surface area contributed by atoms with Crippen molar-refractivity contribution in [2.75, 3.05) is 52.9 Å². The molecule has 1 amide bonds. The maximum atomic E-state index is 12.6. The molecular formula is C29H37N3O5+2. The van der Waals surface area contributed by atoms with Crippen molar-refractivity contribution in [2.45, 2.75) is 32.5 Å². The molecule has 0 radical (unpaired) electrons. The molecule has 4 saturated heterocycles. The van der Waals surface area contributed by atoms with E-state index in [0.717, 1.165) is 22.2 Å². The zero-order valence-electron chi connectivity index (χ0n) is 21.9. The summed E-state index contributed by atoms with van der Waals surface area (Å²) in [6.07, 6.45) is -0.818. The van der Waals surface area contributed by atoms with Gasteiger partial charge in [-0.15, -0.1) is 0 Å². The van der Waals surface area contributed by atoms with E-state index >= 15 is 0 Å². The van der Waals surface area contributed by atoms with Crippen molar-refractivity contribution in [1.82, 2.24) is 4.90 Å². The lowest BCUT2D eigenvalue weighted by molar-refractivity contribution is -1.08. The Bertz CT molecular complexity index is 1290. The van der Waals surface area contributed by atoms with Gasteiger partial charge >= 0.3 is 5.97 Å². The monoisotopic (exact) mass is 507 g/mol. The number of fused-ring (bicyclic) bond motifs is 5. The third kappa shape index (κ3) is 3.76. The van der Waals surface area contributed by atoms with Crippen LogP contribution in [0.15, 0.2) is 47.7 Å². The number of nitrogens with zero attached hydrogens (tertiary/aromatic N) is 3. The molecule has 4 atom stereocenters. The molecule has 2 aromatic carbocycles. The smallest absolute Gasteiger partial charge is 0.352 e. The fourth-order valence-corrected chi connectivity index (χ4v) is 7.23. The van der Waals surface area contributed by atoms with Crippen LogP contribution >= 0.6 is 0 Å². The van der Waals surface area contributed by atoms with E-state index in [4.69, 9.17) is 4.74 Å². The molecule has 5 heterocycles. The minimum absolute atomic E-state index is 0.0109. The number of ether oxygens (including phenoxy) is 1. The van der Waals surface area contributed by atoms with Crippen LogP contribution in [0.2, 0.25) is 0 Å². The van der Waals surface area contributed by atoms with Gasteiger partial charge in [-0.1, -0.05) is 37.3 Å². The highest BCUT2D eigenvalue weighted by Crippen LogP contribution is 2.47. The molecule has 2 bridgehead atoms. The van der Waals surface area contributed by atoms with E-state index < -0.39 is 18.0 Å². The summed E-state index contributed by atoms with van der Waals surface area (Å²) in [6.45, 7) is 12.0. The number of carbonyl (C=O) groups excluding carboxylic acids is 1. The van der Waals surface area contributed by atoms with Crippen LogP contribution in [-0.2, 0) is 16.1 Å². The number of aliphatic hydroxyl groups is 1. The predicted octanol–water partition coefficient (Wildman–Crippen LogP) is 2.21. The van der Waals surface area contributed by atoms with Gasteiger partial charge in [0.2, 0.25) is 5.91 Å². The highest BCUT2D eigenvalue weighted by Gasteiger charge is 2.59. The molecule has 8 nitrogen and oxygen atoms in total. The first-order chi connectivity index (χ1) is 17.6. The lowest BCUT2D eigenvalue weighted by atomic mass is 9.78. The molecule has 0 unspecified atom stereocenters. The van der Waals surface area contributed by atoms with E-state index in [0.29, 0.717) is 5.57 Å². The van der Waals surface area contributed by atoms with Crippen molar-refractivity contribution in [2.24, 2.45) is 11.8 Å². The van der Waals surface area contributed by atoms with Crippen molar-refractivity contribution >= 4 is 22.6 Å². The summed E-state index contributed by atoms with van der Waals surface area (Å²) >= 11 is 0. The quantitative estimate of drug-likeness (QED) is 0.443. The molecule has 0 spiro atoms. The van der Waals surface area contributed by atoms with Gasteiger partial charge in [0.25, 0.3) is 0 Å². The molecule has 2 aromatic rings. The number of carbonyl (C=O) groups is 2.